The third-order valence-corrected chi connectivity index (χ3v) is 14.2. The number of aromatic hydroxyl groups is 1. The van der Waals surface area contributed by atoms with E-state index >= 15 is 9.59 Å². The summed E-state index contributed by atoms with van der Waals surface area (Å²) < 4.78 is 14.3. The lowest BCUT2D eigenvalue weighted by molar-refractivity contribution is -0.131. The standard InChI is InChI=1S/C42H36Cl2N4O7S/c1-19-26-14-21(44)8-13-32(26)56-37(19)29-18-33(46(3)45-29)48-39(51)28-17-27-24(11-12-25-34(27)40(52)47(38(25)50)22-9-6-20(43)7-10-22)36(42(28,2)41(48)53)35-30(54-4)15-23(49)16-31(35)55-5/h6-11,13-16,18,25,27-28,34,36,49H,12,17H2,1-5H3/t25-,27+,28-,34-,36+,42+/m0/s1. The largest absolute Gasteiger partial charge is 0.508 e. The third kappa shape index (κ3) is 5.04. The highest BCUT2D eigenvalue weighted by molar-refractivity contribution is 7.22. The average Bonchev–Trinajstić information content (AvgIpc) is 3.85. The molecule has 3 fully saturated rings. The van der Waals surface area contributed by atoms with Gasteiger partial charge in [0.15, 0.2) is 0 Å². The number of methoxy groups -OCH3 is 2. The maximum absolute atomic E-state index is 15.3. The number of aryl methyl sites for hydroxylation is 2. The molecule has 1 saturated carbocycles. The van der Waals surface area contributed by atoms with E-state index in [0.29, 0.717) is 32.8 Å². The molecular weight excluding hydrogens is 775 g/mol. The van der Waals surface area contributed by atoms with Crippen LogP contribution in [0.15, 0.2) is 72.3 Å². The van der Waals surface area contributed by atoms with E-state index in [0.717, 1.165) is 26.1 Å². The molecule has 56 heavy (non-hydrogen) atoms. The third-order valence-electron chi connectivity index (χ3n) is 12.4. The fourth-order valence-corrected chi connectivity index (χ4v) is 11.3. The molecule has 0 unspecified atom stereocenters. The van der Waals surface area contributed by atoms with Crippen LogP contribution in [0.3, 0.4) is 0 Å². The molecule has 3 aromatic carbocycles. The van der Waals surface area contributed by atoms with Crippen LogP contribution in [-0.2, 0) is 26.2 Å². The van der Waals surface area contributed by atoms with E-state index in [-0.39, 0.29) is 41.9 Å². The molecule has 0 spiro atoms. The van der Waals surface area contributed by atoms with Crippen LogP contribution in [0.5, 0.6) is 17.2 Å². The monoisotopic (exact) mass is 810 g/mol. The lowest BCUT2D eigenvalue weighted by atomic mass is 9.51. The Bertz CT molecular complexity index is 2560. The van der Waals surface area contributed by atoms with Crippen LogP contribution in [0, 0.1) is 36.0 Å². The molecule has 5 aromatic rings. The molecule has 286 valence electrons. The van der Waals surface area contributed by atoms with Gasteiger partial charge in [0.05, 0.1) is 48.0 Å². The fraction of sp³-hybridized carbons (Fsp3) is 0.310. The molecule has 0 radical (unpaired) electrons. The number of carbonyl (C=O) groups excluding carboxylic acids is 4. The van der Waals surface area contributed by atoms with Gasteiger partial charge in [-0.1, -0.05) is 34.9 Å². The number of hydrogen-bond donors (Lipinski definition) is 1. The summed E-state index contributed by atoms with van der Waals surface area (Å²) in [4.78, 5) is 62.2. The normalized spacial score (nSPS) is 25.8. The predicted octanol–water partition coefficient (Wildman–Crippen LogP) is 8.08. The Morgan fingerprint density at radius 1 is 0.875 bits per heavy atom. The van der Waals surface area contributed by atoms with Gasteiger partial charge in [0.25, 0.3) is 0 Å². The number of rotatable bonds is 6. The van der Waals surface area contributed by atoms with Crippen LogP contribution in [0.25, 0.3) is 20.7 Å². The number of halogens is 2. The second-order valence-electron chi connectivity index (χ2n) is 15.1. The molecular formula is C42H36Cl2N4O7S. The quantitative estimate of drug-likeness (QED) is 0.135. The molecule has 2 aliphatic carbocycles. The van der Waals surface area contributed by atoms with Gasteiger partial charge in [-0.15, -0.1) is 11.3 Å². The first-order chi connectivity index (χ1) is 26.8. The number of imide groups is 2. The zero-order valence-corrected chi connectivity index (χ0v) is 33.3. The van der Waals surface area contributed by atoms with Crippen LogP contribution in [0.4, 0.5) is 11.5 Å². The molecule has 2 aromatic heterocycles. The smallest absolute Gasteiger partial charge is 0.242 e. The van der Waals surface area contributed by atoms with Gasteiger partial charge in [-0.2, -0.15) is 5.10 Å². The van der Waals surface area contributed by atoms with Gasteiger partial charge in [-0.25, -0.2) is 4.90 Å². The minimum absolute atomic E-state index is 0.110. The number of phenolic OH excluding ortho intramolecular Hbond substituents is 1. The fourth-order valence-electron chi connectivity index (χ4n) is 9.81. The van der Waals surface area contributed by atoms with Crippen molar-refractivity contribution < 1.29 is 33.8 Å². The first kappa shape index (κ1) is 36.5. The van der Waals surface area contributed by atoms with E-state index in [1.807, 2.05) is 31.2 Å². The average molecular weight is 812 g/mol. The summed E-state index contributed by atoms with van der Waals surface area (Å²) in [6.07, 6.45) is 2.36. The number of anilines is 2. The highest BCUT2D eigenvalue weighted by atomic mass is 35.5. The highest BCUT2D eigenvalue weighted by Crippen LogP contribution is 2.66. The van der Waals surface area contributed by atoms with E-state index in [2.05, 4.69) is 0 Å². The first-order valence-corrected chi connectivity index (χ1v) is 19.7. The summed E-state index contributed by atoms with van der Waals surface area (Å²) in [5, 5.41) is 17.6. The molecule has 4 heterocycles. The second kappa shape index (κ2) is 12.9. The molecule has 6 atom stereocenters. The maximum atomic E-state index is 15.3. The zero-order chi connectivity index (χ0) is 39.5. The van der Waals surface area contributed by atoms with Gasteiger partial charge in [-0.3, -0.25) is 28.8 Å². The highest BCUT2D eigenvalue weighted by Gasteiger charge is 2.68. The van der Waals surface area contributed by atoms with E-state index < -0.39 is 46.8 Å². The lowest BCUT2D eigenvalue weighted by Crippen LogP contribution is -2.49. The Morgan fingerprint density at radius 3 is 2.23 bits per heavy atom. The van der Waals surface area contributed by atoms with Crippen molar-refractivity contribution in [3.05, 3.63) is 93.5 Å². The number of ether oxygens (including phenoxy) is 2. The van der Waals surface area contributed by atoms with Crippen molar-refractivity contribution in [3.63, 3.8) is 0 Å². The van der Waals surface area contributed by atoms with Gasteiger partial charge in [0.2, 0.25) is 23.6 Å². The van der Waals surface area contributed by atoms with Gasteiger partial charge < -0.3 is 14.6 Å². The SMILES string of the molecule is COc1cc(O)cc(OC)c1[C@H]1C2=CC[C@@H]3C(=O)N(c4ccc(Cl)cc4)C(=O)[C@@H]3[C@@H]2C[C@H]2C(=O)N(c3cc(-c4sc5ccc(Cl)cc5c4C)nn3C)C(=O)[C@@]12C. The number of thiophene rings is 1. The summed E-state index contributed by atoms with van der Waals surface area (Å²) in [5.41, 5.74) is 1.82. The Hall–Kier alpha value is -5.17. The molecule has 11 nitrogen and oxygen atoms in total. The van der Waals surface area contributed by atoms with Crippen molar-refractivity contribution in [2.45, 2.75) is 32.6 Å². The molecule has 2 aliphatic heterocycles. The number of benzene rings is 3. The minimum Gasteiger partial charge on any atom is -0.508 e. The summed E-state index contributed by atoms with van der Waals surface area (Å²) in [6.45, 7) is 3.78. The molecule has 4 aliphatic rings. The van der Waals surface area contributed by atoms with E-state index in [9.17, 15) is 14.7 Å². The van der Waals surface area contributed by atoms with Crippen LogP contribution in [0.1, 0.15) is 36.8 Å². The number of carbonyl (C=O) groups is 4. The minimum atomic E-state index is -1.40. The van der Waals surface area contributed by atoms with E-state index in [4.69, 9.17) is 37.8 Å². The number of allylic oxidation sites excluding steroid dienone is 2. The van der Waals surface area contributed by atoms with Gasteiger partial charge >= 0.3 is 0 Å². The van der Waals surface area contributed by atoms with Gasteiger partial charge in [-0.05, 0) is 86.0 Å². The van der Waals surface area contributed by atoms with Crippen LogP contribution in [0.2, 0.25) is 10.0 Å². The van der Waals surface area contributed by atoms with E-state index in [1.54, 1.807) is 60.3 Å². The Morgan fingerprint density at radius 2 is 1.55 bits per heavy atom. The number of nitrogens with zero attached hydrogens (tertiary/aromatic N) is 4. The van der Waals surface area contributed by atoms with Crippen molar-refractivity contribution >= 4 is 79.8 Å². The van der Waals surface area contributed by atoms with Crippen molar-refractivity contribution in [2.75, 3.05) is 24.0 Å². The van der Waals surface area contributed by atoms with Crippen LogP contribution < -0.4 is 19.3 Å². The van der Waals surface area contributed by atoms with Crippen molar-refractivity contribution in [3.8, 4) is 27.8 Å². The summed E-state index contributed by atoms with van der Waals surface area (Å²) >= 11 is 14.0. The van der Waals surface area contributed by atoms with Crippen molar-refractivity contribution in [1.29, 1.82) is 0 Å². The number of hydrogen-bond acceptors (Lipinski definition) is 9. The molecule has 2 saturated heterocycles. The zero-order valence-electron chi connectivity index (χ0n) is 31.0. The number of amides is 4. The maximum Gasteiger partial charge on any atom is 0.242 e. The number of aromatic nitrogens is 2. The molecule has 0 bridgehead atoms. The van der Waals surface area contributed by atoms with Gasteiger partial charge in [0.1, 0.15) is 28.8 Å². The lowest BCUT2D eigenvalue weighted by Gasteiger charge is -2.49. The van der Waals surface area contributed by atoms with Crippen molar-refractivity contribution in [1.82, 2.24) is 9.78 Å². The first-order valence-electron chi connectivity index (χ1n) is 18.2. The summed E-state index contributed by atoms with van der Waals surface area (Å²) in [5.74, 6) is -4.63. The Labute approximate surface area is 336 Å². The molecule has 14 heteroatoms. The van der Waals surface area contributed by atoms with Crippen molar-refractivity contribution in [2.24, 2.45) is 36.1 Å². The Kier molecular flexibility index (Phi) is 8.43. The summed E-state index contributed by atoms with van der Waals surface area (Å²) in [7, 11) is 4.62. The van der Waals surface area contributed by atoms with Crippen LogP contribution >= 0.6 is 34.5 Å². The van der Waals surface area contributed by atoms with E-state index in [1.165, 1.54) is 36.2 Å². The van der Waals surface area contributed by atoms with Gasteiger partial charge in [0, 0.05) is 51.5 Å². The Balaban J connectivity index is 1.19. The van der Waals surface area contributed by atoms with Crippen LogP contribution in [-0.4, -0.2) is 52.7 Å². The number of phenols is 1. The number of fused-ring (bicyclic) bond motifs is 5. The molecule has 4 amide bonds. The second-order valence-corrected chi connectivity index (χ2v) is 17.0. The summed E-state index contributed by atoms with van der Waals surface area (Å²) in [6, 6.07) is 16.9. The topological polar surface area (TPSA) is 131 Å². The molecule has 9 rings (SSSR count). The molecule has 1 N–H and O–H groups in total. The predicted molar refractivity (Wildman–Crippen MR) is 214 cm³/mol.